The lowest BCUT2D eigenvalue weighted by molar-refractivity contribution is 0.603. The predicted molar refractivity (Wildman–Crippen MR) is 51.6 cm³/mol. The second-order valence-electron chi connectivity index (χ2n) is 2.61. The molecule has 0 saturated heterocycles. The summed E-state index contributed by atoms with van der Waals surface area (Å²) in [5, 5.41) is 6.74. The Balaban J connectivity index is 2.96. The first-order valence-corrected chi connectivity index (χ1v) is 4.23. The quantitative estimate of drug-likeness (QED) is 0.175. The third kappa shape index (κ3) is 9.03. The van der Waals surface area contributed by atoms with E-state index in [1.807, 2.05) is 7.05 Å². The first kappa shape index (κ1) is 11.0. The van der Waals surface area contributed by atoms with E-state index in [-0.39, 0.29) is 5.96 Å². The van der Waals surface area contributed by atoms with Gasteiger partial charge in [0.1, 0.15) is 0 Å². The SMILES string of the molecule is CNCCCCCNN=C(N)N. The molecule has 5 heteroatoms. The van der Waals surface area contributed by atoms with Gasteiger partial charge in [-0.25, -0.2) is 0 Å². The molecule has 0 amide bonds. The van der Waals surface area contributed by atoms with Crippen molar-refractivity contribution in [1.82, 2.24) is 10.7 Å². The van der Waals surface area contributed by atoms with Crippen molar-refractivity contribution >= 4 is 5.96 Å². The Bertz CT molecular complexity index is 119. The predicted octanol–water partition coefficient (Wildman–Crippen LogP) is -0.846. The Morgan fingerprint density at radius 2 is 1.83 bits per heavy atom. The highest BCUT2D eigenvalue weighted by Crippen LogP contribution is 1.91. The monoisotopic (exact) mass is 173 g/mol. The van der Waals surface area contributed by atoms with Crippen LogP contribution in [0.2, 0.25) is 0 Å². The van der Waals surface area contributed by atoms with Gasteiger partial charge in [0, 0.05) is 6.54 Å². The number of rotatable bonds is 7. The first-order chi connectivity index (χ1) is 5.77. The van der Waals surface area contributed by atoms with Crippen LogP contribution in [-0.4, -0.2) is 26.1 Å². The van der Waals surface area contributed by atoms with Gasteiger partial charge in [0.05, 0.1) is 0 Å². The lowest BCUT2D eigenvalue weighted by atomic mass is 10.2. The van der Waals surface area contributed by atoms with Crippen molar-refractivity contribution in [3.8, 4) is 0 Å². The summed E-state index contributed by atoms with van der Waals surface area (Å²) in [6.45, 7) is 1.91. The summed E-state index contributed by atoms with van der Waals surface area (Å²) < 4.78 is 0. The summed E-state index contributed by atoms with van der Waals surface area (Å²) in [5.41, 5.74) is 13.0. The van der Waals surface area contributed by atoms with Crippen LogP contribution in [0.3, 0.4) is 0 Å². The van der Waals surface area contributed by atoms with E-state index in [9.17, 15) is 0 Å². The van der Waals surface area contributed by atoms with Crippen LogP contribution in [0.25, 0.3) is 0 Å². The minimum absolute atomic E-state index is 0.0882. The fourth-order valence-corrected chi connectivity index (χ4v) is 0.830. The molecule has 0 fully saturated rings. The third-order valence-electron chi connectivity index (χ3n) is 1.42. The highest BCUT2D eigenvalue weighted by molar-refractivity contribution is 5.75. The van der Waals surface area contributed by atoms with Crippen LogP contribution in [0.1, 0.15) is 19.3 Å². The number of hydrogen-bond acceptors (Lipinski definition) is 3. The van der Waals surface area contributed by atoms with Crippen LogP contribution in [-0.2, 0) is 0 Å². The molecule has 0 bridgehead atoms. The van der Waals surface area contributed by atoms with Crippen LogP contribution in [0, 0.1) is 0 Å². The van der Waals surface area contributed by atoms with Gasteiger partial charge in [0.25, 0.3) is 0 Å². The van der Waals surface area contributed by atoms with Gasteiger partial charge < -0.3 is 22.2 Å². The van der Waals surface area contributed by atoms with E-state index in [4.69, 9.17) is 11.5 Å². The molecule has 0 unspecified atom stereocenters. The first-order valence-electron chi connectivity index (χ1n) is 4.23. The van der Waals surface area contributed by atoms with Crippen molar-refractivity contribution < 1.29 is 0 Å². The van der Waals surface area contributed by atoms with Crippen LogP contribution >= 0.6 is 0 Å². The molecule has 0 spiro atoms. The molecule has 0 saturated carbocycles. The largest absolute Gasteiger partial charge is 0.369 e. The maximum Gasteiger partial charge on any atom is 0.208 e. The van der Waals surface area contributed by atoms with Gasteiger partial charge in [-0.3, -0.25) is 0 Å². The Morgan fingerprint density at radius 3 is 2.42 bits per heavy atom. The van der Waals surface area contributed by atoms with Crippen molar-refractivity contribution in [2.45, 2.75) is 19.3 Å². The summed E-state index contributed by atoms with van der Waals surface area (Å²) in [5.74, 6) is 0.0882. The molecule has 0 rings (SSSR count). The standard InChI is InChI=1S/C7H19N5/c1-10-5-3-2-4-6-11-12-7(8)9/h10-11H,2-6H2,1H3,(H4,8,9,12). The molecular weight excluding hydrogens is 154 g/mol. The fourth-order valence-electron chi connectivity index (χ4n) is 0.830. The van der Waals surface area contributed by atoms with Crippen molar-refractivity contribution in [2.75, 3.05) is 20.1 Å². The molecule has 0 aromatic heterocycles. The molecule has 0 atom stereocenters. The summed E-state index contributed by atoms with van der Waals surface area (Å²) in [7, 11) is 1.96. The zero-order valence-corrected chi connectivity index (χ0v) is 7.64. The smallest absolute Gasteiger partial charge is 0.208 e. The van der Waals surface area contributed by atoms with E-state index in [0.29, 0.717) is 0 Å². The van der Waals surface area contributed by atoms with Crippen molar-refractivity contribution in [3.63, 3.8) is 0 Å². The average Bonchev–Trinajstić information content (AvgIpc) is 2.02. The minimum Gasteiger partial charge on any atom is -0.369 e. The molecule has 0 aromatic carbocycles. The molecule has 0 aliphatic rings. The van der Waals surface area contributed by atoms with E-state index in [1.165, 1.54) is 12.8 Å². The number of hydrogen-bond donors (Lipinski definition) is 4. The Morgan fingerprint density at radius 1 is 1.17 bits per heavy atom. The third-order valence-corrected chi connectivity index (χ3v) is 1.42. The molecule has 0 heterocycles. The van der Waals surface area contributed by atoms with E-state index < -0.39 is 0 Å². The topological polar surface area (TPSA) is 88.5 Å². The number of nitrogens with zero attached hydrogens (tertiary/aromatic N) is 1. The van der Waals surface area contributed by atoms with Crippen LogP contribution in [0.15, 0.2) is 5.10 Å². The summed E-state index contributed by atoms with van der Waals surface area (Å²) in [6, 6.07) is 0. The molecule has 0 radical (unpaired) electrons. The van der Waals surface area contributed by atoms with Crippen LogP contribution in [0.5, 0.6) is 0 Å². The van der Waals surface area contributed by atoms with Gasteiger partial charge in [-0.15, -0.1) is 5.10 Å². The van der Waals surface area contributed by atoms with E-state index in [0.717, 1.165) is 19.5 Å². The molecule has 5 nitrogen and oxygen atoms in total. The molecule has 12 heavy (non-hydrogen) atoms. The van der Waals surface area contributed by atoms with Gasteiger partial charge in [-0.2, -0.15) is 0 Å². The van der Waals surface area contributed by atoms with Crippen LogP contribution in [0.4, 0.5) is 0 Å². The number of nitrogens with one attached hydrogen (secondary N) is 2. The Kier molecular flexibility index (Phi) is 7.47. The highest BCUT2D eigenvalue weighted by atomic mass is 15.3. The Hall–Kier alpha value is -0.970. The highest BCUT2D eigenvalue weighted by Gasteiger charge is 1.86. The second kappa shape index (κ2) is 8.13. The normalized spacial score (nSPS) is 9.42. The maximum absolute atomic E-state index is 5.11. The Labute approximate surface area is 73.6 Å². The number of unbranched alkanes of at least 4 members (excludes halogenated alkanes) is 2. The zero-order valence-electron chi connectivity index (χ0n) is 7.64. The van der Waals surface area contributed by atoms with Gasteiger partial charge in [0.15, 0.2) is 0 Å². The van der Waals surface area contributed by atoms with Gasteiger partial charge in [-0.1, -0.05) is 6.42 Å². The molecular formula is C7H19N5. The molecule has 0 aliphatic carbocycles. The van der Waals surface area contributed by atoms with Gasteiger partial charge in [0.2, 0.25) is 5.96 Å². The number of guanidine groups is 1. The molecule has 0 aliphatic heterocycles. The van der Waals surface area contributed by atoms with Crippen molar-refractivity contribution in [1.29, 1.82) is 0 Å². The van der Waals surface area contributed by atoms with E-state index in [2.05, 4.69) is 15.8 Å². The second-order valence-corrected chi connectivity index (χ2v) is 2.61. The van der Waals surface area contributed by atoms with Crippen molar-refractivity contribution in [3.05, 3.63) is 0 Å². The zero-order chi connectivity index (χ0) is 9.23. The molecule has 0 aromatic rings. The minimum atomic E-state index is 0.0882. The maximum atomic E-state index is 5.11. The van der Waals surface area contributed by atoms with Crippen LogP contribution < -0.4 is 22.2 Å². The van der Waals surface area contributed by atoms with E-state index in [1.54, 1.807) is 0 Å². The summed E-state index contributed by atoms with van der Waals surface area (Å²) >= 11 is 0. The number of hydrazone groups is 1. The summed E-state index contributed by atoms with van der Waals surface area (Å²) in [6.07, 6.45) is 3.48. The van der Waals surface area contributed by atoms with E-state index >= 15 is 0 Å². The molecule has 72 valence electrons. The van der Waals surface area contributed by atoms with Gasteiger partial charge >= 0.3 is 0 Å². The summed E-state index contributed by atoms with van der Waals surface area (Å²) in [4.78, 5) is 0. The number of nitrogens with two attached hydrogens (primary N) is 2. The van der Waals surface area contributed by atoms with Gasteiger partial charge in [-0.05, 0) is 26.4 Å². The molecule has 6 N–H and O–H groups in total. The average molecular weight is 173 g/mol. The van der Waals surface area contributed by atoms with Crippen molar-refractivity contribution in [2.24, 2.45) is 16.6 Å². The fraction of sp³-hybridized carbons (Fsp3) is 0.857. The lowest BCUT2D eigenvalue weighted by Crippen LogP contribution is -2.26. The lowest BCUT2D eigenvalue weighted by Gasteiger charge is -2.00.